The van der Waals surface area contributed by atoms with E-state index in [2.05, 4.69) is 28.5 Å². The molecular weight excluding hydrogens is 324 g/mol. The molecule has 0 radical (unpaired) electrons. The molecule has 124 valence electrons. The quantitative estimate of drug-likeness (QED) is 0.663. The molecule has 0 amide bonds. The van der Waals surface area contributed by atoms with Gasteiger partial charge in [0.15, 0.2) is 5.82 Å². The van der Waals surface area contributed by atoms with Gasteiger partial charge >= 0.3 is 5.63 Å². The summed E-state index contributed by atoms with van der Waals surface area (Å²) < 4.78 is 7.28. The molecule has 7 heteroatoms. The molecular formula is C17H18N4O2S. The van der Waals surface area contributed by atoms with Crippen LogP contribution in [0.15, 0.2) is 27.4 Å². The molecule has 1 aliphatic carbocycles. The van der Waals surface area contributed by atoms with Crippen LogP contribution >= 0.6 is 11.8 Å². The number of fused-ring (bicyclic) bond motifs is 1. The van der Waals surface area contributed by atoms with Gasteiger partial charge in [0.25, 0.3) is 0 Å². The van der Waals surface area contributed by atoms with Gasteiger partial charge in [-0.2, -0.15) is 0 Å². The van der Waals surface area contributed by atoms with E-state index in [1.54, 1.807) is 17.8 Å². The summed E-state index contributed by atoms with van der Waals surface area (Å²) in [5.41, 5.74) is 3.67. The Bertz CT molecular complexity index is 959. The van der Waals surface area contributed by atoms with E-state index in [-0.39, 0.29) is 5.63 Å². The highest BCUT2D eigenvalue weighted by Crippen LogP contribution is 2.35. The maximum Gasteiger partial charge on any atom is 0.336 e. The maximum atomic E-state index is 11.8. The van der Waals surface area contributed by atoms with E-state index in [1.165, 1.54) is 5.56 Å². The zero-order chi connectivity index (χ0) is 16.7. The van der Waals surface area contributed by atoms with Gasteiger partial charge in [-0.15, -0.1) is 16.9 Å². The molecule has 0 saturated heterocycles. The molecule has 0 spiro atoms. The number of thioether (sulfide) groups is 1. The lowest BCUT2D eigenvalue weighted by Gasteiger charge is -2.08. The van der Waals surface area contributed by atoms with Gasteiger partial charge in [0.05, 0.1) is 11.8 Å². The second-order valence-corrected chi connectivity index (χ2v) is 7.27. The minimum Gasteiger partial charge on any atom is -0.423 e. The Balaban J connectivity index is 1.56. The van der Waals surface area contributed by atoms with Gasteiger partial charge < -0.3 is 4.42 Å². The van der Waals surface area contributed by atoms with Crippen molar-refractivity contribution in [1.82, 2.24) is 20.2 Å². The molecule has 0 N–H and O–H groups in total. The second kappa shape index (κ2) is 6.05. The molecule has 0 unspecified atom stereocenters. The zero-order valence-corrected chi connectivity index (χ0v) is 14.5. The zero-order valence-electron chi connectivity index (χ0n) is 13.7. The number of tetrazole rings is 1. The summed E-state index contributed by atoms with van der Waals surface area (Å²) in [6.07, 6.45) is 2.32. The first-order chi connectivity index (χ1) is 11.6. The van der Waals surface area contributed by atoms with Crippen LogP contribution < -0.4 is 5.63 Å². The molecule has 2 heterocycles. The summed E-state index contributed by atoms with van der Waals surface area (Å²) >= 11 is 1.71. The fourth-order valence-corrected chi connectivity index (χ4v) is 3.70. The van der Waals surface area contributed by atoms with Crippen molar-refractivity contribution in [3.63, 3.8) is 0 Å². The number of nitrogens with zero attached hydrogens (tertiary/aromatic N) is 4. The van der Waals surface area contributed by atoms with E-state index in [9.17, 15) is 4.79 Å². The predicted octanol–water partition coefficient (Wildman–Crippen LogP) is 3.16. The molecule has 1 aromatic carbocycles. The summed E-state index contributed by atoms with van der Waals surface area (Å²) in [4.78, 5) is 11.8. The fourth-order valence-electron chi connectivity index (χ4n) is 2.76. The van der Waals surface area contributed by atoms with Crippen LogP contribution in [0.3, 0.4) is 0 Å². The molecule has 2 aromatic heterocycles. The Morgan fingerprint density at radius 1 is 1.21 bits per heavy atom. The van der Waals surface area contributed by atoms with Crippen molar-refractivity contribution in [2.24, 2.45) is 0 Å². The largest absolute Gasteiger partial charge is 0.423 e. The van der Waals surface area contributed by atoms with Crippen molar-refractivity contribution in [3.05, 3.63) is 51.1 Å². The van der Waals surface area contributed by atoms with Crippen molar-refractivity contribution in [1.29, 1.82) is 0 Å². The van der Waals surface area contributed by atoms with Crippen molar-refractivity contribution in [2.75, 3.05) is 0 Å². The van der Waals surface area contributed by atoms with Gasteiger partial charge in [0, 0.05) is 17.2 Å². The Morgan fingerprint density at radius 2 is 2.00 bits per heavy atom. The van der Waals surface area contributed by atoms with Crippen LogP contribution in [0.2, 0.25) is 0 Å². The minimum absolute atomic E-state index is 0.302. The highest BCUT2D eigenvalue weighted by Gasteiger charge is 2.27. The maximum absolute atomic E-state index is 11.8. The van der Waals surface area contributed by atoms with Gasteiger partial charge in [-0.05, 0) is 65.9 Å². The molecule has 1 fully saturated rings. The van der Waals surface area contributed by atoms with Gasteiger partial charge in [-0.25, -0.2) is 9.48 Å². The number of benzene rings is 1. The number of aromatic nitrogens is 4. The molecule has 0 aliphatic heterocycles. The molecule has 1 saturated carbocycles. The molecule has 24 heavy (non-hydrogen) atoms. The molecule has 0 bridgehead atoms. The van der Waals surface area contributed by atoms with E-state index < -0.39 is 0 Å². The number of rotatable bonds is 5. The second-order valence-electron chi connectivity index (χ2n) is 6.29. The third-order valence-electron chi connectivity index (χ3n) is 4.39. The van der Waals surface area contributed by atoms with Gasteiger partial charge in [-0.3, -0.25) is 0 Å². The van der Waals surface area contributed by atoms with Gasteiger partial charge in [-0.1, -0.05) is 0 Å². The Hall–Kier alpha value is -2.15. The average Bonchev–Trinajstić information content (AvgIpc) is 3.28. The summed E-state index contributed by atoms with van der Waals surface area (Å²) in [5.74, 6) is 2.36. The van der Waals surface area contributed by atoms with Gasteiger partial charge in [0.1, 0.15) is 5.58 Å². The fraction of sp³-hybridized carbons (Fsp3) is 0.412. The molecule has 4 rings (SSSR count). The Kier molecular flexibility index (Phi) is 3.88. The molecule has 0 atom stereocenters. The van der Waals surface area contributed by atoms with Crippen molar-refractivity contribution < 1.29 is 4.42 Å². The highest BCUT2D eigenvalue weighted by molar-refractivity contribution is 7.97. The van der Waals surface area contributed by atoms with Crippen LogP contribution in [0.4, 0.5) is 0 Å². The molecule has 1 aliphatic rings. The monoisotopic (exact) mass is 342 g/mol. The number of aryl methyl sites for hydroxylation is 2. The van der Waals surface area contributed by atoms with E-state index in [4.69, 9.17) is 4.42 Å². The minimum atomic E-state index is -0.302. The Labute approximate surface area is 143 Å². The summed E-state index contributed by atoms with van der Waals surface area (Å²) in [6, 6.07) is 6.10. The van der Waals surface area contributed by atoms with E-state index in [0.29, 0.717) is 11.6 Å². The van der Waals surface area contributed by atoms with Crippen LogP contribution in [-0.4, -0.2) is 20.2 Å². The lowest BCUT2D eigenvalue weighted by atomic mass is 10.0. The molecule has 6 nitrogen and oxygen atoms in total. The van der Waals surface area contributed by atoms with Crippen LogP contribution in [-0.2, 0) is 11.5 Å². The average molecular weight is 342 g/mol. The number of hydrogen-bond acceptors (Lipinski definition) is 6. The van der Waals surface area contributed by atoms with Crippen molar-refractivity contribution >= 4 is 22.7 Å². The SMILES string of the molecule is Cc1cc2oc(=O)cc(CSCc3nnnn3C3CC3)c2cc1C. The first-order valence-electron chi connectivity index (χ1n) is 8.00. The third kappa shape index (κ3) is 2.96. The lowest BCUT2D eigenvalue weighted by Crippen LogP contribution is -2.03. The van der Waals surface area contributed by atoms with Crippen LogP contribution in [0.1, 0.15) is 41.4 Å². The van der Waals surface area contributed by atoms with Crippen molar-refractivity contribution in [3.8, 4) is 0 Å². The van der Waals surface area contributed by atoms with Crippen molar-refractivity contribution in [2.45, 2.75) is 44.2 Å². The summed E-state index contributed by atoms with van der Waals surface area (Å²) in [6.45, 7) is 4.09. The highest BCUT2D eigenvalue weighted by atomic mass is 32.2. The third-order valence-corrected chi connectivity index (χ3v) is 5.36. The van der Waals surface area contributed by atoms with E-state index >= 15 is 0 Å². The summed E-state index contributed by atoms with van der Waals surface area (Å²) in [7, 11) is 0. The lowest BCUT2D eigenvalue weighted by molar-refractivity contribution is 0.559. The van der Waals surface area contributed by atoms with E-state index in [0.717, 1.165) is 46.7 Å². The predicted molar refractivity (Wildman–Crippen MR) is 93.0 cm³/mol. The van der Waals surface area contributed by atoms with E-state index in [1.807, 2.05) is 17.7 Å². The normalized spacial score (nSPS) is 14.4. The first-order valence-corrected chi connectivity index (χ1v) is 9.16. The molecule has 3 aromatic rings. The summed E-state index contributed by atoms with van der Waals surface area (Å²) in [5, 5.41) is 13.0. The Morgan fingerprint density at radius 3 is 2.79 bits per heavy atom. The standard InChI is InChI=1S/C17H18N4O2S/c1-10-5-14-12(7-17(22)23-15(14)6-11(10)2)8-24-9-16-18-19-20-21(16)13-3-4-13/h5-7,13H,3-4,8-9H2,1-2H3. The smallest absolute Gasteiger partial charge is 0.336 e. The first kappa shape index (κ1) is 15.4. The van der Waals surface area contributed by atoms with Crippen LogP contribution in [0.5, 0.6) is 0 Å². The topological polar surface area (TPSA) is 73.8 Å². The van der Waals surface area contributed by atoms with Gasteiger partial charge in [0.2, 0.25) is 0 Å². The number of hydrogen-bond donors (Lipinski definition) is 0. The van der Waals surface area contributed by atoms with Crippen LogP contribution in [0.25, 0.3) is 11.0 Å². The van der Waals surface area contributed by atoms with Crippen LogP contribution in [0, 0.1) is 13.8 Å².